The summed E-state index contributed by atoms with van der Waals surface area (Å²) in [7, 11) is 0. The number of aryl methyl sites for hydroxylation is 1. The van der Waals surface area contributed by atoms with Gasteiger partial charge in [0.1, 0.15) is 0 Å². The molecule has 1 amide bonds. The van der Waals surface area contributed by atoms with Crippen LogP contribution in [-0.2, 0) is 16.8 Å². The van der Waals surface area contributed by atoms with Crippen LogP contribution in [0.15, 0.2) is 48.5 Å². The second-order valence-electron chi connectivity index (χ2n) is 8.70. The van der Waals surface area contributed by atoms with Gasteiger partial charge in [-0.15, -0.1) is 0 Å². The number of para-hydroxylation sites is 1. The quantitative estimate of drug-likeness (QED) is 0.743. The monoisotopic (exact) mass is 406 g/mol. The number of fused-ring (bicyclic) bond motifs is 1. The molecule has 4 rings (SSSR count). The van der Waals surface area contributed by atoms with Crippen molar-refractivity contribution in [1.82, 2.24) is 4.90 Å². The Balaban J connectivity index is 1.57. The molecule has 2 aromatic rings. The zero-order valence-electron chi connectivity index (χ0n) is 17.8. The van der Waals surface area contributed by atoms with Crippen molar-refractivity contribution in [3.63, 3.8) is 0 Å². The molecule has 5 nitrogen and oxygen atoms in total. The van der Waals surface area contributed by atoms with Crippen molar-refractivity contribution in [3.8, 4) is 0 Å². The van der Waals surface area contributed by atoms with Gasteiger partial charge in [-0.3, -0.25) is 19.4 Å². The fraction of sp³-hybridized carbons (Fsp3) is 0.440. The van der Waals surface area contributed by atoms with E-state index in [9.17, 15) is 14.7 Å². The lowest BCUT2D eigenvalue weighted by Gasteiger charge is -2.34. The third-order valence-electron chi connectivity index (χ3n) is 6.56. The van der Waals surface area contributed by atoms with Gasteiger partial charge in [-0.1, -0.05) is 56.3 Å². The third-order valence-corrected chi connectivity index (χ3v) is 6.56. The van der Waals surface area contributed by atoms with E-state index in [0.29, 0.717) is 29.4 Å². The van der Waals surface area contributed by atoms with Crippen LogP contribution in [-0.4, -0.2) is 41.5 Å². The van der Waals surface area contributed by atoms with Crippen molar-refractivity contribution in [3.05, 3.63) is 65.2 Å². The molecule has 2 aromatic carbocycles. The zero-order chi connectivity index (χ0) is 21.3. The Morgan fingerprint density at radius 2 is 1.77 bits per heavy atom. The summed E-state index contributed by atoms with van der Waals surface area (Å²) < 4.78 is 0. The van der Waals surface area contributed by atoms with Gasteiger partial charge in [-0.25, -0.2) is 0 Å². The van der Waals surface area contributed by atoms with E-state index < -0.39 is 11.5 Å². The second kappa shape index (κ2) is 8.32. The lowest BCUT2D eigenvalue weighted by atomic mass is 9.88. The third kappa shape index (κ3) is 3.80. The first-order chi connectivity index (χ1) is 14.4. The predicted molar refractivity (Wildman–Crippen MR) is 117 cm³/mol. The van der Waals surface area contributed by atoms with E-state index >= 15 is 0 Å². The number of ketones is 1. The molecule has 0 radical (unpaired) electrons. The predicted octanol–water partition coefficient (Wildman–Crippen LogP) is 3.75. The SMILES string of the molecule is CCc1ccc(C(=O)CC2(O)C(=O)N(CN3CCC(C)CC3)c3ccccc32)cc1. The largest absolute Gasteiger partial charge is 0.375 e. The van der Waals surface area contributed by atoms with Gasteiger partial charge in [-0.05, 0) is 36.8 Å². The molecule has 1 saturated heterocycles. The van der Waals surface area contributed by atoms with Gasteiger partial charge in [0.2, 0.25) is 0 Å². The summed E-state index contributed by atoms with van der Waals surface area (Å²) in [5.41, 5.74) is 1.08. The Kier molecular flexibility index (Phi) is 5.76. The van der Waals surface area contributed by atoms with Crippen molar-refractivity contribution >= 4 is 17.4 Å². The van der Waals surface area contributed by atoms with Crippen molar-refractivity contribution in [1.29, 1.82) is 0 Å². The van der Waals surface area contributed by atoms with Gasteiger partial charge >= 0.3 is 0 Å². The highest BCUT2D eigenvalue weighted by atomic mass is 16.3. The minimum atomic E-state index is -1.82. The van der Waals surface area contributed by atoms with Crippen LogP contribution >= 0.6 is 0 Å². The van der Waals surface area contributed by atoms with Crippen molar-refractivity contribution in [2.75, 3.05) is 24.7 Å². The Morgan fingerprint density at radius 3 is 2.43 bits per heavy atom. The number of piperidine rings is 1. The van der Waals surface area contributed by atoms with Crippen LogP contribution < -0.4 is 4.90 Å². The average Bonchev–Trinajstić information content (AvgIpc) is 2.97. The molecular formula is C25H30N2O3. The molecule has 2 aliphatic heterocycles. The number of aliphatic hydroxyl groups is 1. The maximum absolute atomic E-state index is 13.4. The number of carbonyl (C=O) groups is 2. The summed E-state index contributed by atoms with van der Waals surface area (Å²) in [6.45, 7) is 6.64. The topological polar surface area (TPSA) is 60.9 Å². The molecule has 1 atom stereocenters. The summed E-state index contributed by atoms with van der Waals surface area (Å²) in [6, 6.07) is 14.7. The summed E-state index contributed by atoms with van der Waals surface area (Å²) >= 11 is 0. The van der Waals surface area contributed by atoms with Gasteiger partial charge in [0.05, 0.1) is 18.8 Å². The van der Waals surface area contributed by atoms with E-state index in [1.807, 2.05) is 30.3 Å². The van der Waals surface area contributed by atoms with Gasteiger partial charge < -0.3 is 5.11 Å². The first-order valence-corrected chi connectivity index (χ1v) is 10.9. The number of likely N-dealkylation sites (tertiary alicyclic amines) is 1. The molecule has 0 aromatic heterocycles. The van der Waals surface area contributed by atoms with Crippen LogP contribution in [0.4, 0.5) is 5.69 Å². The van der Waals surface area contributed by atoms with Crippen LogP contribution in [0.2, 0.25) is 0 Å². The smallest absolute Gasteiger partial charge is 0.265 e. The lowest BCUT2D eigenvalue weighted by Crippen LogP contribution is -2.48. The highest BCUT2D eigenvalue weighted by molar-refractivity contribution is 6.10. The summed E-state index contributed by atoms with van der Waals surface area (Å²) in [6.07, 6.45) is 2.87. The standard InChI is InChI=1S/C25H30N2O3/c1-3-19-8-10-20(11-9-19)23(28)16-25(30)21-6-4-5-7-22(21)27(24(25)29)17-26-14-12-18(2)13-15-26/h4-11,18,30H,3,12-17H2,1-2H3. The Morgan fingerprint density at radius 1 is 1.10 bits per heavy atom. The minimum absolute atomic E-state index is 0.225. The van der Waals surface area contributed by atoms with E-state index in [0.717, 1.165) is 37.9 Å². The van der Waals surface area contributed by atoms with E-state index in [4.69, 9.17) is 0 Å². The molecule has 0 aliphatic carbocycles. The number of Topliss-reactive ketones (excluding diaryl/α,β-unsaturated/α-hetero) is 1. The number of benzene rings is 2. The summed E-state index contributed by atoms with van der Waals surface area (Å²) in [5.74, 6) is 0.0780. The summed E-state index contributed by atoms with van der Waals surface area (Å²) in [5, 5.41) is 11.5. The fourth-order valence-corrected chi connectivity index (χ4v) is 4.48. The molecular weight excluding hydrogens is 376 g/mol. The molecule has 1 unspecified atom stereocenters. The maximum atomic E-state index is 13.4. The Hall–Kier alpha value is -2.50. The number of anilines is 1. The second-order valence-corrected chi connectivity index (χ2v) is 8.70. The highest BCUT2D eigenvalue weighted by Crippen LogP contribution is 2.43. The van der Waals surface area contributed by atoms with Gasteiger partial charge in [0.25, 0.3) is 5.91 Å². The molecule has 0 saturated carbocycles. The fourth-order valence-electron chi connectivity index (χ4n) is 4.48. The van der Waals surface area contributed by atoms with Crippen molar-refractivity contribution in [2.24, 2.45) is 5.92 Å². The lowest BCUT2D eigenvalue weighted by molar-refractivity contribution is -0.136. The first kappa shape index (κ1) is 20.8. The van der Waals surface area contributed by atoms with Crippen LogP contribution in [0.25, 0.3) is 0 Å². The number of amides is 1. The number of rotatable bonds is 6. The molecule has 0 bridgehead atoms. The van der Waals surface area contributed by atoms with Gasteiger partial charge in [-0.2, -0.15) is 0 Å². The molecule has 1 N–H and O–H groups in total. The molecule has 2 aliphatic rings. The summed E-state index contributed by atoms with van der Waals surface area (Å²) in [4.78, 5) is 30.2. The van der Waals surface area contributed by atoms with Crippen LogP contribution in [0.3, 0.4) is 0 Å². The molecule has 1 fully saturated rings. The Bertz CT molecular complexity index is 932. The molecule has 5 heteroatoms. The van der Waals surface area contributed by atoms with Crippen LogP contribution in [0.5, 0.6) is 0 Å². The Labute approximate surface area is 178 Å². The van der Waals surface area contributed by atoms with Gasteiger partial charge in [0.15, 0.2) is 11.4 Å². The number of nitrogens with zero attached hydrogens (tertiary/aromatic N) is 2. The van der Waals surface area contributed by atoms with E-state index in [1.165, 1.54) is 0 Å². The number of hydrogen-bond donors (Lipinski definition) is 1. The number of hydrogen-bond acceptors (Lipinski definition) is 4. The van der Waals surface area contributed by atoms with Crippen molar-refractivity contribution < 1.29 is 14.7 Å². The van der Waals surface area contributed by atoms with Crippen LogP contribution in [0, 0.1) is 5.92 Å². The van der Waals surface area contributed by atoms with Crippen molar-refractivity contribution in [2.45, 2.75) is 45.1 Å². The van der Waals surface area contributed by atoms with Gasteiger partial charge in [0, 0.05) is 24.2 Å². The van der Waals surface area contributed by atoms with Crippen LogP contribution in [0.1, 0.15) is 54.6 Å². The highest BCUT2D eigenvalue weighted by Gasteiger charge is 2.51. The minimum Gasteiger partial charge on any atom is -0.375 e. The van der Waals surface area contributed by atoms with E-state index in [1.54, 1.807) is 23.1 Å². The molecule has 2 heterocycles. The van der Waals surface area contributed by atoms with E-state index in [-0.39, 0.29) is 12.2 Å². The first-order valence-electron chi connectivity index (χ1n) is 10.9. The molecule has 30 heavy (non-hydrogen) atoms. The maximum Gasteiger partial charge on any atom is 0.265 e. The molecule has 0 spiro atoms. The zero-order valence-corrected chi connectivity index (χ0v) is 17.8. The molecule has 158 valence electrons. The average molecular weight is 407 g/mol. The number of carbonyl (C=O) groups excluding carboxylic acids is 2. The normalized spacial score (nSPS) is 22.4. The van der Waals surface area contributed by atoms with E-state index in [2.05, 4.69) is 18.7 Å².